The maximum atomic E-state index is 11.2. The number of carbonyl (C=O) groups excluding carboxylic acids is 1. The van der Waals surface area contributed by atoms with Gasteiger partial charge in [0, 0.05) is 5.56 Å². The molecule has 1 N–H and O–H groups in total. The van der Waals surface area contributed by atoms with E-state index in [2.05, 4.69) is 15.9 Å². The summed E-state index contributed by atoms with van der Waals surface area (Å²) in [5, 5.41) is 9.68. The summed E-state index contributed by atoms with van der Waals surface area (Å²) in [6.07, 6.45) is 0.0972. The lowest BCUT2D eigenvalue weighted by Gasteiger charge is -2.07. The van der Waals surface area contributed by atoms with E-state index in [1.54, 1.807) is 19.1 Å². The Morgan fingerprint density at radius 2 is 2.20 bits per heavy atom. The molecule has 4 heteroatoms. The fourth-order valence-electron chi connectivity index (χ4n) is 1.31. The van der Waals surface area contributed by atoms with Crippen molar-refractivity contribution in [3.63, 3.8) is 0 Å². The molecule has 1 aromatic carbocycles. The molecular weight excluding hydrogens is 260 g/mol. The number of ether oxygens (including phenoxy) is 1. The quantitative estimate of drug-likeness (QED) is 0.861. The molecule has 0 aromatic heterocycles. The van der Waals surface area contributed by atoms with Crippen molar-refractivity contribution < 1.29 is 14.6 Å². The summed E-state index contributed by atoms with van der Waals surface area (Å²) in [5.74, 6) is -0.223. The first-order valence-corrected chi connectivity index (χ1v) is 5.47. The molecule has 0 unspecified atom stereocenters. The number of hydrogen-bond donors (Lipinski definition) is 1. The summed E-state index contributed by atoms with van der Waals surface area (Å²) in [6.45, 7) is 4.01. The van der Waals surface area contributed by atoms with Gasteiger partial charge in [0.1, 0.15) is 5.75 Å². The Balaban J connectivity index is 2.89. The molecule has 1 rings (SSSR count). The third kappa shape index (κ3) is 3.23. The van der Waals surface area contributed by atoms with Crippen molar-refractivity contribution in [1.29, 1.82) is 0 Å². The highest BCUT2D eigenvalue weighted by molar-refractivity contribution is 9.10. The molecule has 0 saturated carbocycles. The van der Waals surface area contributed by atoms with E-state index in [0.29, 0.717) is 16.6 Å². The van der Waals surface area contributed by atoms with Crippen LogP contribution in [0.15, 0.2) is 16.6 Å². The number of halogens is 1. The van der Waals surface area contributed by atoms with Crippen LogP contribution in [0.2, 0.25) is 0 Å². The van der Waals surface area contributed by atoms with Gasteiger partial charge in [-0.15, -0.1) is 0 Å². The first kappa shape index (κ1) is 12.0. The normalized spacial score (nSPS) is 10.1. The summed E-state index contributed by atoms with van der Waals surface area (Å²) >= 11 is 3.22. The van der Waals surface area contributed by atoms with Crippen molar-refractivity contribution in [2.45, 2.75) is 20.3 Å². The molecule has 0 heterocycles. The van der Waals surface area contributed by atoms with Gasteiger partial charge in [-0.3, -0.25) is 4.79 Å². The number of benzene rings is 1. The molecule has 3 nitrogen and oxygen atoms in total. The van der Waals surface area contributed by atoms with Gasteiger partial charge in [-0.25, -0.2) is 0 Å². The van der Waals surface area contributed by atoms with E-state index in [9.17, 15) is 9.90 Å². The Morgan fingerprint density at radius 3 is 2.80 bits per heavy atom. The number of phenols is 1. The van der Waals surface area contributed by atoms with Crippen LogP contribution < -0.4 is 0 Å². The molecule has 15 heavy (non-hydrogen) atoms. The van der Waals surface area contributed by atoms with Gasteiger partial charge in [0.05, 0.1) is 17.5 Å². The molecule has 0 aliphatic carbocycles. The van der Waals surface area contributed by atoms with Crippen molar-refractivity contribution in [3.8, 4) is 5.75 Å². The molecule has 0 saturated heterocycles. The molecule has 0 atom stereocenters. The Labute approximate surface area is 97.2 Å². The average molecular weight is 273 g/mol. The van der Waals surface area contributed by atoms with Crippen LogP contribution in [-0.2, 0) is 16.0 Å². The number of aryl methyl sites for hydroxylation is 1. The minimum Gasteiger partial charge on any atom is -0.506 e. The first-order valence-electron chi connectivity index (χ1n) is 4.68. The average Bonchev–Trinajstić information content (AvgIpc) is 2.13. The number of rotatable bonds is 3. The van der Waals surface area contributed by atoms with Gasteiger partial charge in [0.2, 0.25) is 0 Å². The maximum Gasteiger partial charge on any atom is 0.310 e. The zero-order chi connectivity index (χ0) is 11.4. The Bertz CT molecular complexity index is 374. The van der Waals surface area contributed by atoms with Crippen LogP contribution in [0, 0.1) is 6.92 Å². The lowest BCUT2D eigenvalue weighted by molar-refractivity contribution is -0.142. The summed E-state index contributed by atoms with van der Waals surface area (Å²) < 4.78 is 5.41. The van der Waals surface area contributed by atoms with E-state index in [4.69, 9.17) is 4.74 Å². The molecule has 82 valence electrons. The fourth-order valence-corrected chi connectivity index (χ4v) is 1.92. The second-order valence-corrected chi connectivity index (χ2v) is 4.09. The van der Waals surface area contributed by atoms with E-state index >= 15 is 0 Å². The molecule has 0 radical (unpaired) electrons. The van der Waals surface area contributed by atoms with Crippen molar-refractivity contribution in [3.05, 3.63) is 27.7 Å². The van der Waals surface area contributed by atoms with Crippen LogP contribution >= 0.6 is 15.9 Å². The van der Waals surface area contributed by atoms with Gasteiger partial charge in [-0.2, -0.15) is 0 Å². The Hall–Kier alpha value is -1.03. The second kappa shape index (κ2) is 5.16. The van der Waals surface area contributed by atoms with E-state index < -0.39 is 0 Å². The summed E-state index contributed by atoms with van der Waals surface area (Å²) in [6, 6.07) is 3.57. The van der Waals surface area contributed by atoms with Crippen LogP contribution in [0.25, 0.3) is 0 Å². The third-order valence-electron chi connectivity index (χ3n) is 1.93. The number of esters is 1. The SMILES string of the molecule is CCOC(=O)Cc1cc(C)cc(Br)c1O. The van der Waals surface area contributed by atoms with E-state index in [-0.39, 0.29) is 18.1 Å². The molecule has 1 aromatic rings. The van der Waals surface area contributed by atoms with E-state index in [1.807, 2.05) is 6.92 Å². The molecule has 0 bridgehead atoms. The second-order valence-electron chi connectivity index (χ2n) is 3.24. The first-order chi connectivity index (χ1) is 7.04. The number of phenolic OH excluding ortho intramolecular Hbond substituents is 1. The zero-order valence-electron chi connectivity index (χ0n) is 8.71. The lowest BCUT2D eigenvalue weighted by atomic mass is 10.1. The van der Waals surface area contributed by atoms with Gasteiger partial charge in [0.15, 0.2) is 0 Å². The number of hydrogen-bond acceptors (Lipinski definition) is 3. The van der Waals surface area contributed by atoms with Gasteiger partial charge >= 0.3 is 5.97 Å². The topological polar surface area (TPSA) is 46.5 Å². The summed E-state index contributed by atoms with van der Waals surface area (Å²) in [4.78, 5) is 11.2. The molecule has 0 aliphatic heterocycles. The molecule has 0 aliphatic rings. The largest absolute Gasteiger partial charge is 0.506 e. The highest BCUT2D eigenvalue weighted by atomic mass is 79.9. The third-order valence-corrected chi connectivity index (χ3v) is 2.53. The predicted molar refractivity (Wildman–Crippen MR) is 60.9 cm³/mol. The number of carbonyl (C=O) groups is 1. The van der Waals surface area contributed by atoms with Crippen molar-refractivity contribution in [1.82, 2.24) is 0 Å². The van der Waals surface area contributed by atoms with Crippen LogP contribution in [0.3, 0.4) is 0 Å². The van der Waals surface area contributed by atoms with Crippen LogP contribution in [0.5, 0.6) is 5.75 Å². The minimum absolute atomic E-state index is 0.0972. The van der Waals surface area contributed by atoms with Gasteiger partial charge < -0.3 is 9.84 Å². The van der Waals surface area contributed by atoms with Gasteiger partial charge in [0.25, 0.3) is 0 Å². The Kier molecular flexibility index (Phi) is 4.15. The van der Waals surface area contributed by atoms with Crippen LogP contribution in [0.1, 0.15) is 18.1 Å². The smallest absolute Gasteiger partial charge is 0.310 e. The van der Waals surface area contributed by atoms with E-state index in [0.717, 1.165) is 5.56 Å². The van der Waals surface area contributed by atoms with Crippen molar-refractivity contribution >= 4 is 21.9 Å². The highest BCUT2D eigenvalue weighted by Crippen LogP contribution is 2.29. The highest BCUT2D eigenvalue weighted by Gasteiger charge is 2.11. The van der Waals surface area contributed by atoms with Crippen molar-refractivity contribution in [2.75, 3.05) is 6.61 Å². The minimum atomic E-state index is -0.328. The molecule has 0 fully saturated rings. The van der Waals surface area contributed by atoms with Gasteiger partial charge in [-0.1, -0.05) is 6.07 Å². The molecule has 0 spiro atoms. The fraction of sp³-hybridized carbons (Fsp3) is 0.364. The lowest BCUT2D eigenvalue weighted by Crippen LogP contribution is -2.07. The summed E-state index contributed by atoms with van der Waals surface area (Å²) in [5.41, 5.74) is 1.57. The monoisotopic (exact) mass is 272 g/mol. The standard InChI is InChI=1S/C11H13BrO3/c1-3-15-10(13)6-8-4-7(2)5-9(12)11(8)14/h4-5,14H,3,6H2,1-2H3. The van der Waals surface area contributed by atoms with Crippen LogP contribution in [0.4, 0.5) is 0 Å². The van der Waals surface area contributed by atoms with Crippen LogP contribution in [-0.4, -0.2) is 17.7 Å². The summed E-state index contributed by atoms with van der Waals surface area (Å²) in [7, 11) is 0. The Morgan fingerprint density at radius 1 is 1.53 bits per heavy atom. The molecular formula is C11H13BrO3. The zero-order valence-corrected chi connectivity index (χ0v) is 10.3. The maximum absolute atomic E-state index is 11.2. The van der Waals surface area contributed by atoms with Crippen molar-refractivity contribution in [2.24, 2.45) is 0 Å². The molecule has 0 amide bonds. The number of aromatic hydroxyl groups is 1. The van der Waals surface area contributed by atoms with Gasteiger partial charge in [-0.05, 0) is 41.4 Å². The predicted octanol–water partition coefficient (Wildman–Crippen LogP) is 2.57. The van der Waals surface area contributed by atoms with E-state index in [1.165, 1.54) is 0 Å².